The lowest BCUT2D eigenvalue weighted by Crippen LogP contribution is -2.13. The first-order valence-electron chi connectivity index (χ1n) is 6.24. The van der Waals surface area contributed by atoms with Crippen LogP contribution in [0.3, 0.4) is 0 Å². The van der Waals surface area contributed by atoms with E-state index in [1.165, 1.54) is 0 Å². The summed E-state index contributed by atoms with van der Waals surface area (Å²) in [6, 6.07) is 15.2. The van der Waals surface area contributed by atoms with Crippen LogP contribution in [0, 0.1) is 0 Å². The van der Waals surface area contributed by atoms with Crippen LogP contribution in [0.1, 0.15) is 10.4 Å². The zero-order chi connectivity index (χ0) is 15.2. The van der Waals surface area contributed by atoms with Crippen molar-refractivity contribution in [2.75, 3.05) is 11.1 Å². The van der Waals surface area contributed by atoms with Crippen molar-refractivity contribution >= 4 is 23.1 Å². The number of ketones is 1. The van der Waals surface area contributed by atoms with E-state index in [1.807, 2.05) is 0 Å². The zero-order valence-electron chi connectivity index (χ0n) is 11.1. The number of carboxylic acids is 1. The average molecular weight is 282 g/mol. The second-order valence-corrected chi connectivity index (χ2v) is 4.31. The summed E-state index contributed by atoms with van der Waals surface area (Å²) in [4.78, 5) is 23.3. The number of allylic oxidation sites excluding steroid dienone is 1. The first-order valence-corrected chi connectivity index (χ1v) is 6.24. The number of anilines is 2. The number of carbonyl (C=O) groups excluding carboxylic acids is 1. The largest absolute Gasteiger partial charge is 0.477 e. The molecule has 106 valence electrons. The summed E-state index contributed by atoms with van der Waals surface area (Å²) < 4.78 is 0. The number of carboxylic acid groups (broad SMARTS) is 1. The van der Waals surface area contributed by atoms with Crippen LogP contribution in [0.4, 0.5) is 11.4 Å². The molecule has 2 aromatic rings. The molecule has 0 spiro atoms. The minimum Gasteiger partial charge on any atom is -0.477 e. The molecule has 0 heterocycles. The molecule has 0 aromatic heterocycles. The number of nitrogen functional groups attached to an aromatic ring is 1. The number of rotatable bonds is 5. The van der Waals surface area contributed by atoms with E-state index < -0.39 is 11.8 Å². The van der Waals surface area contributed by atoms with Gasteiger partial charge in [0.25, 0.3) is 0 Å². The molecular weight excluding hydrogens is 268 g/mol. The Labute approximate surface area is 121 Å². The van der Waals surface area contributed by atoms with Crippen LogP contribution in [0.2, 0.25) is 0 Å². The van der Waals surface area contributed by atoms with E-state index in [1.54, 1.807) is 54.6 Å². The summed E-state index contributed by atoms with van der Waals surface area (Å²) in [7, 11) is 0. The molecule has 5 nitrogen and oxygen atoms in total. The third-order valence-corrected chi connectivity index (χ3v) is 2.79. The van der Waals surface area contributed by atoms with Crippen LogP contribution in [0.15, 0.2) is 66.4 Å². The van der Waals surface area contributed by atoms with Crippen LogP contribution in [-0.2, 0) is 4.79 Å². The summed E-state index contributed by atoms with van der Waals surface area (Å²) in [5.74, 6) is -1.63. The normalized spacial score (nSPS) is 11.0. The minimum atomic E-state index is -1.23. The van der Waals surface area contributed by atoms with Gasteiger partial charge in [-0.2, -0.15) is 0 Å². The molecule has 21 heavy (non-hydrogen) atoms. The average Bonchev–Trinajstić information content (AvgIpc) is 2.49. The number of hydrogen-bond acceptors (Lipinski definition) is 4. The Morgan fingerprint density at radius 3 is 2.24 bits per heavy atom. The molecule has 0 saturated carbocycles. The smallest absolute Gasteiger partial charge is 0.352 e. The number of aliphatic carboxylic acids is 1. The van der Waals surface area contributed by atoms with Gasteiger partial charge in [-0.15, -0.1) is 0 Å². The van der Waals surface area contributed by atoms with E-state index in [4.69, 9.17) is 5.73 Å². The van der Waals surface area contributed by atoms with Gasteiger partial charge in [-0.25, -0.2) is 4.79 Å². The predicted octanol–water partition coefficient (Wildman–Crippen LogP) is 2.53. The van der Waals surface area contributed by atoms with Gasteiger partial charge in [-0.05, 0) is 12.1 Å². The van der Waals surface area contributed by atoms with E-state index in [2.05, 4.69) is 5.32 Å². The van der Waals surface area contributed by atoms with E-state index in [0.29, 0.717) is 16.9 Å². The van der Waals surface area contributed by atoms with Crippen LogP contribution in [-0.4, -0.2) is 16.9 Å². The summed E-state index contributed by atoms with van der Waals surface area (Å²) >= 11 is 0. The predicted molar refractivity (Wildman–Crippen MR) is 81.0 cm³/mol. The molecule has 0 radical (unpaired) electrons. The summed E-state index contributed by atoms with van der Waals surface area (Å²) in [5, 5.41) is 11.9. The van der Waals surface area contributed by atoms with Crippen molar-refractivity contribution < 1.29 is 14.7 Å². The van der Waals surface area contributed by atoms with Gasteiger partial charge in [0, 0.05) is 11.6 Å². The maximum atomic E-state index is 12.0. The van der Waals surface area contributed by atoms with Crippen molar-refractivity contribution in [2.24, 2.45) is 0 Å². The minimum absolute atomic E-state index is 0.234. The van der Waals surface area contributed by atoms with Gasteiger partial charge < -0.3 is 16.2 Å². The van der Waals surface area contributed by atoms with Gasteiger partial charge in [-0.3, -0.25) is 4.79 Å². The molecular formula is C16H14N2O3. The molecule has 0 atom stereocenters. The Kier molecular flexibility index (Phi) is 4.36. The highest BCUT2D eigenvalue weighted by atomic mass is 16.4. The van der Waals surface area contributed by atoms with Crippen molar-refractivity contribution in [3.8, 4) is 0 Å². The highest BCUT2D eigenvalue weighted by Crippen LogP contribution is 2.19. The Hall–Kier alpha value is -3.08. The first kappa shape index (κ1) is 14.3. The lowest BCUT2D eigenvalue weighted by atomic mass is 10.1. The van der Waals surface area contributed by atoms with E-state index in [9.17, 15) is 14.7 Å². The fourth-order valence-corrected chi connectivity index (χ4v) is 1.72. The molecule has 0 amide bonds. The summed E-state index contributed by atoms with van der Waals surface area (Å²) in [6.07, 6.45) is 1.05. The van der Waals surface area contributed by atoms with Gasteiger partial charge in [0.1, 0.15) is 5.70 Å². The molecule has 4 N–H and O–H groups in total. The Balaban J connectivity index is 2.28. The molecule has 2 aromatic carbocycles. The number of para-hydroxylation sites is 2. The number of hydrogen-bond donors (Lipinski definition) is 3. The molecule has 2 rings (SSSR count). The quantitative estimate of drug-likeness (QED) is 0.445. The molecule has 0 unspecified atom stereocenters. The second-order valence-electron chi connectivity index (χ2n) is 4.31. The molecule has 5 heteroatoms. The molecule has 0 aliphatic carbocycles. The second kappa shape index (κ2) is 6.38. The zero-order valence-corrected chi connectivity index (χ0v) is 11.1. The van der Waals surface area contributed by atoms with E-state index >= 15 is 0 Å². The van der Waals surface area contributed by atoms with Crippen molar-refractivity contribution in [1.29, 1.82) is 0 Å². The van der Waals surface area contributed by atoms with Crippen molar-refractivity contribution in [2.45, 2.75) is 0 Å². The van der Waals surface area contributed by atoms with Gasteiger partial charge >= 0.3 is 5.97 Å². The fraction of sp³-hybridized carbons (Fsp3) is 0. The van der Waals surface area contributed by atoms with E-state index in [0.717, 1.165) is 6.08 Å². The van der Waals surface area contributed by atoms with Gasteiger partial charge in [0.05, 0.1) is 11.4 Å². The Morgan fingerprint density at radius 2 is 1.62 bits per heavy atom. The van der Waals surface area contributed by atoms with Gasteiger partial charge in [0.15, 0.2) is 5.78 Å². The molecule has 0 bridgehead atoms. The lowest BCUT2D eigenvalue weighted by Gasteiger charge is -2.09. The van der Waals surface area contributed by atoms with Crippen molar-refractivity contribution in [3.05, 3.63) is 71.9 Å². The number of nitrogens with one attached hydrogen (secondary N) is 1. The Morgan fingerprint density at radius 1 is 1.00 bits per heavy atom. The number of benzene rings is 2. The molecule has 0 fully saturated rings. The monoisotopic (exact) mass is 282 g/mol. The number of nitrogens with two attached hydrogens (primary N) is 1. The third kappa shape index (κ3) is 3.70. The van der Waals surface area contributed by atoms with Crippen molar-refractivity contribution in [3.63, 3.8) is 0 Å². The van der Waals surface area contributed by atoms with Gasteiger partial charge in [-0.1, -0.05) is 42.5 Å². The highest BCUT2D eigenvalue weighted by Gasteiger charge is 2.12. The Bertz CT molecular complexity index is 694. The SMILES string of the molecule is Nc1ccccc1NC(=CC(=O)c1ccccc1)C(=O)O. The molecule has 0 aliphatic heterocycles. The van der Waals surface area contributed by atoms with Crippen molar-refractivity contribution in [1.82, 2.24) is 0 Å². The summed E-state index contributed by atoms with van der Waals surface area (Å²) in [6.45, 7) is 0. The standard InChI is InChI=1S/C16H14N2O3/c17-12-8-4-5-9-13(12)18-14(16(20)21)10-15(19)11-6-2-1-3-7-11/h1-10,18H,17H2,(H,20,21). The van der Waals surface area contributed by atoms with Crippen LogP contribution in [0.5, 0.6) is 0 Å². The van der Waals surface area contributed by atoms with Crippen LogP contribution < -0.4 is 11.1 Å². The van der Waals surface area contributed by atoms with Crippen LogP contribution in [0.25, 0.3) is 0 Å². The third-order valence-electron chi connectivity index (χ3n) is 2.79. The maximum absolute atomic E-state index is 12.0. The first-order chi connectivity index (χ1) is 10.1. The topological polar surface area (TPSA) is 92.4 Å². The fourth-order valence-electron chi connectivity index (χ4n) is 1.72. The molecule has 0 saturated heterocycles. The van der Waals surface area contributed by atoms with Gasteiger partial charge in [0.2, 0.25) is 0 Å². The highest BCUT2D eigenvalue weighted by molar-refractivity contribution is 6.09. The molecule has 0 aliphatic rings. The maximum Gasteiger partial charge on any atom is 0.352 e. The van der Waals surface area contributed by atoms with E-state index in [-0.39, 0.29) is 5.70 Å². The summed E-state index contributed by atoms with van der Waals surface area (Å²) in [5.41, 5.74) is 6.76. The van der Waals surface area contributed by atoms with Crippen LogP contribution >= 0.6 is 0 Å². The number of carbonyl (C=O) groups is 2. The lowest BCUT2D eigenvalue weighted by molar-refractivity contribution is -0.132.